The lowest BCUT2D eigenvalue weighted by Crippen LogP contribution is -2.10. The van der Waals surface area contributed by atoms with E-state index in [0.29, 0.717) is 0 Å². The van der Waals surface area contributed by atoms with Crippen LogP contribution in [0, 0.1) is 0 Å². The highest BCUT2D eigenvalue weighted by molar-refractivity contribution is 7.86. The Morgan fingerprint density at radius 3 is 2.54 bits per heavy atom. The van der Waals surface area contributed by atoms with Gasteiger partial charge in [0.15, 0.2) is 0 Å². The van der Waals surface area contributed by atoms with E-state index in [9.17, 15) is 8.42 Å². The van der Waals surface area contributed by atoms with Crippen LogP contribution in [0.2, 0.25) is 0 Å². The predicted molar refractivity (Wildman–Crippen MR) is 45.9 cm³/mol. The molecule has 0 aromatic heterocycles. The summed E-state index contributed by atoms with van der Waals surface area (Å²) in [6, 6.07) is 5.71. The van der Waals surface area contributed by atoms with E-state index in [0.717, 1.165) is 0 Å². The minimum Gasteiger partial charge on any atom is -0.477 e. The van der Waals surface area contributed by atoms with Crippen LogP contribution in [0.3, 0.4) is 0 Å². The van der Waals surface area contributed by atoms with Crippen LogP contribution in [0.1, 0.15) is 0 Å². The van der Waals surface area contributed by atoms with Crippen LogP contribution in [0.25, 0.3) is 0 Å². The molecule has 0 unspecified atom stereocenters. The molecule has 0 aliphatic rings. The zero-order valence-corrected chi connectivity index (χ0v) is 7.49. The second-order valence-corrected chi connectivity index (χ2v) is 3.62. The summed E-state index contributed by atoms with van der Waals surface area (Å²) in [6.45, 7) is -0.146. The monoisotopic (exact) mass is 203 g/mol. The van der Waals surface area contributed by atoms with Crippen LogP contribution in [0.5, 0.6) is 5.75 Å². The molecule has 1 rings (SSSR count). The smallest absolute Gasteiger partial charge is 0.298 e. The SMILES string of the molecule is NCOc1ccccc1S(=O)(=O)O. The standard InChI is InChI=1S/C7H9NO4S/c8-5-12-6-3-1-2-4-7(6)13(9,10)11/h1-4H,5,8H2,(H,9,10,11). The Labute approximate surface area is 75.9 Å². The first-order valence-electron chi connectivity index (χ1n) is 3.45. The largest absolute Gasteiger partial charge is 0.477 e. The van der Waals surface area contributed by atoms with Gasteiger partial charge >= 0.3 is 0 Å². The third-order valence-electron chi connectivity index (χ3n) is 1.37. The van der Waals surface area contributed by atoms with Crippen LogP contribution in [0.15, 0.2) is 29.2 Å². The van der Waals surface area contributed by atoms with E-state index >= 15 is 0 Å². The summed E-state index contributed by atoms with van der Waals surface area (Å²) >= 11 is 0. The quantitative estimate of drug-likeness (QED) is 0.542. The Kier molecular flexibility index (Phi) is 2.86. The van der Waals surface area contributed by atoms with Crippen molar-refractivity contribution >= 4 is 10.1 Å². The van der Waals surface area contributed by atoms with E-state index in [2.05, 4.69) is 0 Å². The van der Waals surface area contributed by atoms with Gasteiger partial charge in [0.1, 0.15) is 17.4 Å². The Bertz CT molecular complexity index is 387. The first-order valence-corrected chi connectivity index (χ1v) is 4.89. The van der Waals surface area contributed by atoms with Crippen molar-refractivity contribution in [1.29, 1.82) is 0 Å². The molecule has 13 heavy (non-hydrogen) atoms. The van der Waals surface area contributed by atoms with Crippen molar-refractivity contribution in [2.45, 2.75) is 4.90 Å². The number of hydrogen-bond donors (Lipinski definition) is 2. The maximum absolute atomic E-state index is 10.8. The Morgan fingerprint density at radius 2 is 2.00 bits per heavy atom. The van der Waals surface area contributed by atoms with Crippen molar-refractivity contribution in [3.05, 3.63) is 24.3 Å². The maximum Gasteiger partial charge on any atom is 0.298 e. The summed E-state index contributed by atoms with van der Waals surface area (Å²) in [7, 11) is -4.24. The molecule has 0 aliphatic heterocycles. The molecule has 72 valence electrons. The van der Waals surface area contributed by atoms with Gasteiger partial charge in [0, 0.05) is 0 Å². The van der Waals surface area contributed by atoms with Crippen molar-refractivity contribution < 1.29 is 17.7 Å². The molecule has 1 aromatic carbocycles. The molecule has 0 atom stereocenters. The summed E-state index contributed by atoms with van der Waals surface area (Å²) in [5, 5.41) is 0. The summed E-state index contributed by atoms with van der Waals surface area (Å²) in [5.41, 5.74) is 5.07. The van der Waals surface area contributed by atoms with E-state index in [4.69, 9.17) is 15.0 Å². The van der Waals surface area contributed by atoms with Crippen molar-refractivity contribution in [2.75, 3.05) is 6.73 Å². The van der Waals surface area contributed by atoms with Gasteiger partial charge in [0.05, 0.1) is 0 Å². The van der Waals surface area contributed by atoms with Crippen LogP contribution < -0.4 is 10.5 Å². The van der Waals surface area contributed by atoms with E-state index in [1.165, 1.54) is 18.2 Å². The molecule has 0 heterocycles. The predicted octanol–water partition coefficient (Wildman–Crippen LogP) is 0.228. The number of nitrogens with two attached hydrogens (primary N) is 1. The number of para-hydroxylation sites is 1. The van der Waals surface area contributed by atoms with Gasteiger partial charge in [-0.05, 0) is 12.1 Å². The Hall–Kier alpha value is -1.11. The fraction of sp³-hybridized carbons (Fsp3) is 0.143. The molecule has 0 saturated carbocycles. The second kappa shape index (κ2) is 3.73. The summed E-state index contributed by atoms with van der Waals surface area (Å²) in [5.74, 6) is 0.0486. The van der Waals surface area contributed by atoms with Gasteiger partial charge in [-0.1, -0.05) is 12.1 Å². The first-order chi connectivity index (χ1) is 6.05. The molecule has 6 heteroatoms. The van der Waals surface area contributed by atoms with Gasteiger partial charge in [-0.3, -0.25) is 10.3 Å². The molecular formula is C7H9NO4S. The number of benzene rings is 1. The zero-order valence-electron chi connectivity index (χ0n) is 6.67. The lowest BCUT2D eigenvalue weighted by Gasteiger charge is -2.06. The topological polar surface area (TPSA) is 89.6 Å². The van der Waals surface area contributed by atoms with Gasteiger partial charge in [0.25, 0.3) is 10.1 Å². The van der Waals surface area contributed by atoms with E-state index < -0.39 is 10.1 Å². The molecule has 0 aliphatic carbocycles. The zero-order chi connectivity index (χ0) is 9.90. The highest BCUT2D eigenvalue weighted by Crippen LogP contribution is 2.22. The first kappa shape index (κ1) is 9.97. The molecule has 5 nitrogen and oxygen atoms in total. The average molecular weight is 203 g/mol. The third-order valence-corrected chi connectivity index (χ3v) is 2.26. The molecule has 1 aromatic rings. The normalized spacial score (nSPS) is 11.2. The lowest BCUT2D eigenvalue weighted by atomic mass is 10.3. The fourth-order valence-corrected chi connectivity index (χ4v) is 1.50. The molecule has 0 amide bonds. The maximum atomic E-state index is 10.8. The molecule has 0 fully saturated rings. The minimum absolute atomic E-state index is 0.0486. The van der Waals surface area contributed by atoms with Gasteiger partial charge in [-0.25, -0.2) is 0 Å². The van der Waals surface area contributed by atoms with E-state index in [1.54, 1.807) is 6.07 Å². The van der Waals surface area contributed by atoms with Gasteiger partial charge < -0.3 is 4.74 Å². The van der Waals surface area contributed by atoms with E-state index in [-0.39, 0.29) is 17.4 Å². The molecule has 0 bridgehead atoms. The van der Waals surface area contributed by atoms with Gasteiger partial charge in [0.2, 0.25) is 0 Å². The van der Waals surface area contributed by atoms with E-state index in [1.807, 2.05) is 0 Å². The van der Waals surface area contributed by atoms with Crippen LogP contribution >= 0.6 is 0 Å². The molecule has 0 saturated heterocycles. The molecule has 0 spiro atoms. The lowest BCUT2D eigenvalue weighted by molar-refractivity contribution is 0.319. The van der Waals surface area contributed by atoms with Crippen molar-refractivity contribution in [3.63, 3.8) is 0 Å². The number of hydrogen-bond acceptors (Lipinski definition) is 4. The van der Waals surface area contributed by atoms with Crippen LogP contribution in [-0.2, 0) is 10.1 Å². The molecule has 0 radical (unpaired) electrons. The van der Waals surface area contributed by atoms with Gasteiger partial charge in [-0.2, -0.15) is 8.42 Å². The van der Waals surface area contributed by atoms with Crippen molar-refractivity contribution in [3.8, 4) is 5.75 Å². The van der Waals surface area contributed by atoms with Crippen molar-refractivity contribution in [2.24, 2.45) is 5.73 Å². The average Bonchev–Trinajstić information content (AvgIpc) is 2.04. The number of ether oxygens (including phenoxy) is 1. The third kappa shape index (κ3) is 2.41. The van der Waals surface area contributed by atoms with Crippen LogP contribution in [0.4, 0.5) is 0 Å². The fourth-order valence-electron chi connectivity index (χ4n) is 0.872. The Morgan fingerprint density at radius 1 is 1.38 bits per heavy atom. The van der Waals surface area contributed by atoms with Gasteiger partial charge in [-0.15, -0.1) is 0 Å². The second-order valence-electron chi connectivity index (χ2n) is 2.23. The highest BCUT2D eigenvalue weighted by atomic mass is 32.2. The number of rotatable bonds is 3. The molecular weight excluding hydrogens is 194 g/mol. The summed E-state index contributed by atoms with van der Waals surface area (Å²) < 4.78 is 35.1. The summed E-state index contributed by atoms with van der Waals surface area (Å²) in [4.78, 5) is -0.277. The minimum atomic E-state index is -4.24. The summed E-state index contributed by atoms with van der Waals surface area (Å²) in [6.07, 6.45) is 0. The highest BCUT2D eigenvalue weighted by Gasteiger charge is 2.14. The molecule has 3 N–H and O–H groups in total. The Balaban J connectivity index is 3.20. The van der Waals surface area contributed by atoms with Crippen molar-refractivity contribution in [1.82, 2.24) is 0 Å². The van der Waals surface area contributed by atoms with Crippen LogP contribution in [-0.4, -0.2) is 19.7 Å².